The van der Waals surface area contributed by atoms with Crippen LogP contribution in [0.2, 0.25) is 0 Å². The summed E-state index contributed by atoms with van der Waals surface area (Å²) in [5.74, 6) is -7.90. The number of aliphatic imine (C=N–C) groups is 1. The van der Waals surface area contributed by atoms with Crippen LogP contribution < -0.4 is 54.0 Å². The van der Waals surface area contributed by atoms with E-state index in [0.29, 0.717) is 54.6 Å². The first kappa shape index (κ1) is 67.2. The monoisotopic (exact) mass is 1210 g/mol. The topological polar surface area (TPSA) is 420 Å². The lowest BCUT2D eigenvalue weighted by molar-refractivity contribution is -0.143. The number of aliphatic hydroxyl groups is 1. The maximum Gasteiger partial charge on any atom is 0.245 e. The standard InChI is InChI=1S/C60H85N15O12/c1-6-64-58(86)49-14-10-22-75(49)59(87)36(11-9-21-65-60(61)62)27-50(78)43(23-33(2)3)69-53(81)44(24-34(4)5)70-54(82)45(25-35-15-17-39(77)18-16-35)71-57(85)48(31-76)74-55(83)46(26-37-29-66-41-13-8-7-12-40(37)41)72-56(84)47(28-38-30-63-32-67-38)73-52(80)42-19-20-51(79)68-42/h7-8,12-13,15-18,29-30,32-34,36,42-49,66,76-77H,6,9-11,14,19-28,31H2,1-5H3,(H,63,67)(H,64,86)(H,68,79)(H,69,81)(H,70,82)(H,71,85)(H,72,84)(H,73,80)(H,74,83)(H4,61,62,65)/t36-,42+,43+,44-,45+,46+,47+,48+,49+/m1/s1. The normalized spacial score (nSPS) is 17.2. The Morgan fingerprint density at radius 3 is 1.97 bits per heavy atom. The van der Waals surface area contributed by atoms with E-state index in [9.17, 15) is 58.2 Å². The van der Waals surface area contributed by atoms with Gasteiger partial charge in [0.2, 0.25) is 53.2 Å². The molecule has 0 spiro atoms. The van der Waals surface area contributed by atoms with E-state index >= 15 is 0 Å². The van der Waals surface area contributed by atoms with Gasteiger partial charge in [0, 0.05) is 86.6 Å². The van der Waals surface area contributed by atoms with Gasteiger partial charge in [-0.05, 0) is 93.0 Å². The number of carbonyl (C=O) groups is 10. The third kappa shape index (κ3) is 20.1. The Morgan fingerprint density at radius 1 is 0.736 bits per heavy atom. The number of hydrogen-bond donors (Lipinski definition) is 14. The van der Waals surface area contributed by atoms with Crippen LogP contribution in [0.4, 0.5) is 0 Å². The van der Waals surface area contributed by atoms with Gasteiger partial charge in [-0.15, -0.1) is 0 Å². The number of aliphatic hydroxyl groups excluding tert-OH is 1. The van der Waals surface area contributed by atoms with Gasteiger partial charge in [-0.1, -0.05) is 58.0 Å². The number of Topliss-reactive ketones (excluding diaryl/α,β-unsaturated/α-hetero) is 1. The molecule has 87 heavy (non-hydrogen) atoms. The largest absolute Gasteiger partial charge is 0.508 e. The second-order valence-corrected chi connectivity index (χ2v) is 23.1. The summed E-state index contributed by atoms with van der Waals surface area (Å²) in [5, 5.41) is 43.2. The van der Waals surface area contributed by atoms with Crippen molar-refractivity contribution in [2.24, 2.45) is 34.2 Å². The van der Waals surface area contributed by atoms with Crippen molar-refractivity contribution in [3.8, 4) is 5.75 Å². The molecule has 472 valence electrons. The molecule has 9 amide bonds. The zero-order valence-electron chi connectivity index (χ0n) is 50.0. The third-order valence-electron chi connectivity index (χ3n) is 15.2. The predicted molar refractivity (Wildman–Crippen MR) is 321 cm³/mol. The van der Waals surface area contributed by atoms with E-state index in [1.165, 1.54) is 41.7 Å². The number of nitrogens with two attached hydrogens (primary N) is 2. The number of likely N-dealkylation sites (tertiary alicyclic amines) is 1. The van der Waals surface area contributed by atoms with Crippen LogP contribution in [0.15, 0.2) is 72.2 Å². The van der Waals surface area contributed by atoms with Gasteiger partial charge in [0.15, 0.2) is 11.7 Å². The molecule has 2 aliphatic heterocycles. The number of imidazole rings is 1. The second-order valence-electron chi connectivity index (χ2n) is 23.1. The molecule has 4 heterocycles. The Morgan fingerprint density at radius 2 is 1.34 bits per heavy atom. The van der Waals surface area contributed by atoms with Crippen LogP contribution in [-0.2, 0) is 67.2 Å². The molecule has 0 unspecified atom stereocenters. The Balaban J connectivity index is 1.22. The van der Waals surface area contributed by atoms with Crippen molar-refractivity contribution in [1.82, 2.24) is 62.4 Å². The zero-order valence-corrected chi connectivity index (χ0v) is 50.0. The maximum absolute atomic E-state index is 14.7. The third-order valence-corrected chi connectivity index (χ3v) is 15.2. The number of nitrogens with zero attached hydrogens (tertiary/aromatic N) is 3. The van der Waals surface area contributed by atoms with Crippen LogP contribution in [0.3, 0.4) is 0 Å². The lowest BCUT2D eigenvalue weighted by Gasteiger charge is -2.30. The molecule has 2 aliphatic rings. The summed E-state index contributed by atoms with van der Waals surface area (Å²) in [5.41, 5.74) is 13.3. The Bertz CT molecular complexity index is 3050. The van der Waals surface area contributed by atoms with Gasteiger partial charge in [0.25, 0.3) is 0 Å². The van der Waals surface area contributed by atoms with Gasteiger partial charge in [0.05, 0.1) is 19.0 Å². The quantitative estimate of drug-likeness (QED) is 0.0165. The number of carbonyl (C=O) groups excluding carboxylic acids is 10. The fourth-order valence-electron chi connectivity index (χ4n) is 10.8. The average molecular weight is 1210 g/mol. The van der Waals surface area contributed by atoms with Gasteiger partial charge in [0.1, 0.15) is 48.0 Å². The van der Waals surface area contributed by atoms with Crippen molar-refractivity contribution in [2.45, 2.75) is 160 Å². The average Bonchev–Trinajstić information content (AvgIpc) is 2.39. The van der Waals surface area contributed by atoms with Crippen molar-refractivity contribution in [1.29, 1.82) is 0 Å². The number of H-pyrrole nitrogens is 2. The molecule has 16 N–H and O–H groups in total. The number of aromatic hydroxyl groups is 1. The molecule has 0 saturated carbocycles. The van der Waals surface area contributed by atoms with Crippen LogP contribution >= 0.6 is 0 Å². The number of phenolic OH excluding ortho intramolecular Hbond substituents is 1. The number of guanidine groups is 1. The fraction of sp³-hybridized carbons (Fsp3) is 0.533. The number of likely N-dealkylation sites (N-methyl/N-ethyl adjacent to an activating group) is 1. The fourth-order valence-corrected chi connectivity index (χ4v) is 10.8. The summed E-state index contributed by atoms with van der Waals surface area (Å²) < 4.78 is 0. The number of rotatable bonds is 33. The van der Waals surface area contributed by atoms with E-state index in [1.807, 2.05) is 39.8 Å². The van der Waals surface area contributed by atoms with Crippen LogP contribution in [-0.4, -0.2) is 170 Å². The Kier molecular flexibility index (Phi) is 25.2. The highest BCUT2D eigenvalue weighted by molar-refractivity contribution is 5.99. The van der Waals surface area contributed by atoms with E-state index < -0.39 is 102 Å². The summed E-state index contributed by atoms with van der Waals surface area (Å²) >= 11 is 0. The number of ketones is 1. The number of phenols is 1. The van der Waals surface area contributed by atoms with E-state index in [4.69, 9.17) is 11.5 Å². The molecular formula is C60H85N15O12. The number of fused-ring (bicyclic) bond motifs is 1. The molecule has 0 aliphatic carbocycles. The number of nitrogens with one attached hydrogen (secondary N) is 10. The van der Waals surface area contributed by atoms with Crippen molar-refractivity contribution < 1.29 is 58.2 Å². The molecule has 6 rings (SSSR count). The van der Waals surface area contributed by atoms with Crippen molar-refractivity contribution in [3.05, 3.63) is 84.1 Å². The van der Waals surface area contributed by atoms with Crippen LogP contribution in [0.25, 0.3) is 10.9 Å². The Hall–Kier alpha value is -8.88. The first-order chi connectivity index (χ1) is 41.5. The van der Waals surface area contributed by atoms with Gasteiger partial charge >= 0.3 is 0 Å². The lowest BCUT2D eigenvalue weighted by Crippen LogP contribution is -2.61. The summed E-state index contributed by atoms with van der Waals surface area (Å²) in [7, 11) is 0. The van der Waals surface area contributed by atoms with Crippen LogP contribution in [0, 0.1) is 17.8 Å². The molecule has 2 aromatic carbocycles. The lowest BCUT2D eigenvalue weighted by atomic mass is 9.89. The predicted octanol–water partition coefficient (Wildman–Crippen LogP) is -0.348. The second kappa shape index (κ2) is 32.6. The van der Waals surface area contributed by atoms with Gasteiger partial charge in [-0.25, -0.2) is 4.98 Å². The van der Waals surface area contributed by atoms with E-state index in [0.717, 1.165) is 5.52 Å². The summed E-state index contributed by atoms with van der Waals surface area (Å²) in [6.45, 7) is 9.02. The minimum atomic E-state index is -1.74. The van der Waals surface area contributed by atoms with Crippen molar-refractivity contribution in [2.75, 3.05) is 26.2 Å². The highest BCUT2D eigenvalue weighted by atomic mass is 16.3. The molecule has 0 bridgehead atoms. The first-order valence-corrected chi connectivity index (χ1v) is 29.7. The number of aromatic nitrogens is 3. The molecule has 9 atom stereocenters. The SMILES string of the molecule is CCNC(=O)[C@@H]1CCCN1C(=O)[C@H](CCCN=C(N)N)CC(=O)[C@H](CC(C)C)NC(=O)[C@@H](CC(C)C)NC(=O)[C@H](Cc1ccc(O)cc1)NC(=O)[C@H](CO)NC(=O)[C@H](Cc1c[nH]c2ccccc12)NC(=O)[C@H](Cc1cnc[nH]1)NC(=O)[C@@H]1CCC(=O)N1. The first-order valence-electron chi connectivity index (χ1n) is 29.7. The molecule has 0 radical (unpaired) electrons. The smallest absolute Gasteiger partial charge is 0.245 e. The molecule has 27 nitrogen and oxygen atoms in total. The number of para-hydroxylation sites is 1. The minimum Gasteiger partial charge on any atom is -0.508 e. The molecular weight excluding hydrogens is 1120 g/mol. The molecule has 2 aromatic heterocycles. The number of aromatic amines is 2. The summed E-state index contributed by atoms with van der Waals surface area (Å²) in [6.07, 6.45) is 5.86. The minimum absolute atomic E-state index is 0.0601. The van der Waals surface area contributed by atoms with Crippen LogP contribution in [0.1, 0.15) is 109 Å². The van der Waals surface area contributed by atoms with Gasteiger partial charge < -0.3 is 79.1 Å². The molecule has 27 heteroatoms. The highest BCUT2D eigenvalue weighted by Crippen LogP contribution is 2.26. The highest BCUT2D eigenvalue weighted by Gasteiger charge is 2.40. The summed E-state index contributed by atoms with van der Waals surface area (Å²) in [4.78, 5) is 156. The number of hydrogen-bond acceptors (Lipinski definition) is 14. The van der Waals surface area contributed by atoms with Crippen molar-refractivity contribution >= 4 is 75.8 Å². The molecule has 2 fully saturated rings. The van der Waals surface area contributed by atoms with Gasteiger partial charge in [-0.3, -0.25) is 52.9 Å². The Labute approximate surface area is 504 Å². The molecule has 4 aromatic rings. The zero-order chi connectivity index (χ0) is 63.3. The van der Waals surface area contributed by atoms with Crippen LogP contribution in [0.5, 0.6) is 5.75 Å². The van der Waals surface area contributed by atoms with E-state index in [-0.39, 0.29) is 106 Å². The molecule has 2 saturated heterocycles. The number of benzene rings is 2. The number of amides is 9. The van der Waals surface area contributed by atoms with E-state index in [2.05, 4.69) is 62.5 Å². The summed E-state index contributed by atoms with van der Waals surface area (Å²) in [6, 6.07) is 2.97. The van der Waals surface area contributed by atoms with Crippen molar-refractivity contribution in [3.63, 3.8) is 0 Å². The van der Waals surface area contributed by atoms with Gasteiger partial charge in [-0.2, -0.15) is 0 Å². The van der Waals surface area contributed by atoms with E-state index in [1.54, 1.807) is 25.3 Å². The maximum atomic E-state index is 14.7.